The third-order valence-corrected chi connectivity index (χ3v) is 5.40. The summed E-state index contributed by atoms with van der Waals surface area (Å²) >= 11 is 0. The molecule has 1 fully saturated rings. The van der Waals surface area contributed by atoms with Crippen molar-refractivity contribution in [2.24, 2.45) is 0 Å². The molecule has 10 heavy (non-hydrogen) atoms. The smallest absolute Gasteiger partial charge is 0.000533 e. The van der Waals surface area contributed by atoms with Crippen LogP contribution in [0, 0.1) is 0 Å². The van der Waals surface area contributed by atoms with Gasteiger partial charge < -0.3 is 0 Å². The van der Waals surface area contributed by atoms with Gasteiger partial charge in [-0.15, -0.1) is 0 Å². The van der Waals surface area contributed by atoms with Crippen molar-refractivity contribution in [3.63, 3.8) is 0 Å². The fraction of sp³-hybridized carbons (Fsp3) is 0.889. The van der Waals surface area contributed by atoms with Gasteiger partial charge in [0.15, 0.2) is 0 Å². The largest absolute Gasteiger partial charge is 0.187 e. The van der Waals surface area contributed by atoms with E-state index in [1.165, 1.54) is 31.4 Å². The molecule has 0 aromatic heterocycles. The van der Waals surface area contributed by atoms with E-state index in [0.29, 0.717) is 0 Å². The van der Waals surface area contributed by atoms with E-state index in [1.807, 2.05) is 0 Å². The Hall–Kier alpha value is 0.220. The van der Waals surface area contributed by atoms with Crippen LogP contribution < -0.4 is 0 Å². The molecule has 0 aromatic rings. The van der Waals surface area contributed by atoms with Crippen LogP contribution in [0.5, 0.6) is 0 Å². The first-order valence-electron chi connectivity index (χ1n) is 4.48. The predicted molar refractivity (Wildman–Crippen MR) is 50.0 cm³/mol. The molecule has 2 heterocycles. The maximum Gasteiger partial charge on any atom is -0.000533 e. The Morgan fingerprint density at radius 3 is 2.90 bits per heavy atom. The summed E-state index contributed by atoms with van der Waals surface area (Å²) in [6.45, 7) is 0. The molecule has 2 rings (SSSR count). The molecule has 0 radical (unpaired) electrons. The normalized spacial score (nSPS) is 40.0. The molecule has 2 atom stereocenters. The van der Waals surface area contributed by atoms with Gasteiger partial charge in [0.05, 0.1) is 0 Å². The fourth-order valence-corrected chi connectivity index (χ4v) is 4.77. The first kappa shape index (κ1) is 6.90. The lowest BCUT2D eigenvalue weighted by Gasteiger charge is -2.29. The molecule has 1 saturated heterocycles. The van der Waals surface area contributed by atoms with Gasteiger partial charge in [-0.1, -0.05) is 11.8 Å². The average Bonchev–Trinajstić information content (AvgIpc) is 2.05. The van der Waals surface area contributed by atoms with Crippen molar-refractivity contribution in [2.75, 3.05) is 5.75 Å². The molecule has 0 aliphatic carbocycles. The van der Waals surface area contributed by atoms with Crippen LogP contribution in [0.3, 0.4) is 0 Å². The van der Waals surface area contributed by atoms with Gasteiger partial charge in [0.1, 0.15) is 0 Å². The Morgan fingerprint density at radius 1 is 1.10 bits per heavy atom. The maximum absolute atomic E-state index is 2.62. The molecule has 0 nitrogen and oxygen atoms in total. The van der Waals surface area contributed by atoms with Crippen molar-refractivity contribution in [1.29, 1.82) is 0 Å². The van der Waals surface area contributed by atoms with Gasteiger partial charge in [-0.2, -0.15) is 10.5 Å². The standard InChI is InChI=1S/C9H16S/c1-3-7-10-8-4-2-6-9(10)5-1/h7,9H,1-6,8H2. The monoisotopic (exact) mass is 156 g/mol. The lowest BCUT2D eigenvalue weighted by molar-refractivity contribution is 0.609. The van der Waals surface area contributed by atoms with Gasteiger partial charge in [0.25, 0.3) is 0 Å². The Morgan fingerprint density at radius 2 is 2.00 bits per heavy atom. The number of hydrogen-bond acceptors (Lipinski definition) is 0. The third-order valence-electron chi connectivity index (χ3n) is 2.65. The van der Waals surface area contributed by atoms with Crippen molar-refractivity contribution in [3.05, 3.63) is 0 Å². The van der Waals surface area contributed by atoms with E-state index >= 15 is 0 Å². The van der Waals surface area contributed by atoms with Crippen molar-refractivity contribution in [3.8, 4) is 0 Å². The van der Waals surface area contributed by atoms with E-state index in [2.05, 4.69) is 5.37 Å². The minimum Gasteiger partial charge on any atom is -0.187 e. The van der Waals surface area contributed by atoms with Crippen LogP contribution in [-0.2, 0) is 0 Å². The Labute approximate surface area is 65.9 Å². The number of hydrogen-bond donors (Lipinski definition) is 0. The van der Waals surface area contributed by atoms with Gasteiger partial charge in [-0.05, 0) is 43.1 Å². The third kappa shape index (κ3) is 1.29. The van der Waals surface area contributed by atoms with Gasteiger partial charge in [-0.25, -0.2) is 0 Å². The highest BCUT2D eigenvalue weighted by molar-refractivity contribution is 8.15. The molecule has 0 bridgehead atoms. The van der Waals surface area contributed by atoms with E-state index in [4.69, 9.17) is 0 Å². The minimum absolute atomic E-state index is 0.772. The fourth-order valence-electron chi connectivity index (χ4n) is 2.05. The van der Waals surface area contributed by atoms with Crippen LogP contribution in [0.4, 0.5) is 0 Å². The van der Waals surface area contributed by atoms with Crippen molar-refractivity contribution in [1.82, 2.24) is 0 Å². The second-order valence-electron chi connectivity index (χ2n) is 3.39. The topological polar surface area (TPSA) is 0 Å². The maximum atomic E-state index is 2.62. The molecule has 58 valence electrons. The summed E-state index contributed by atoms with van der Waals surface area (Å²) in [5.41, 5.74) is 0. The molecule has 0 aromatic carbocycles. The molecule has 0 spiro atoms. The lowest BCUT2D eigenvalue weighted by atomic mass is 10.1. The zero-order valence-electron chi connectivity index (χ0n) is 6.51. The van der Waals surface area contributed by atoms with Crippen LogP contribution in [0.1, 0.15) is 38.5 Å². The molecular formula is C9H16S. The summed E-state index contributed by atoms with van der Waals surface area (Å²) in [7, 11) is 0.772. The molecule has 0 amide bonds. The Kier molecular flexibility index (Phi) is 2.13. The van der Waals surface area contributed by atoms with Gasteiger partial charge >= 0.3 is 0 Å². The molecular weight excluding hydrogens is 140 g/mol. The molecule has 2 unspecified atom stereocenters. The van der Waals surface area contributed by atoms with Crippen molar-refractivity contribution < 1.29 is 0 Å². The van der Waals surface area contributed by atoms with Crippen LogP contribution in [0.15, 0.2) is 0 Å². The minimum atomic E-state index is 0.772. The molecule has 2 aliphatic heterocycles. The summed E-state index contributed by atoms with van der Waals surface area (Å²) < 4.78 is 0. The van der Waals surface area contributed by atoms with E-state index in [1.54, 1.807) is 12.8 Å². The highest BCUT2D eigenvalue weighted by atomic mass is 32.2. The summed E-state index contributed by atoms with van der Waals surface area (Å²) in [4.78, 5) is 0. The number of rotatable bonds is 0. The van der Waals surface area contributed by atoms with Crippen LogP contribution in [-0.4, -0.2) is 16.4 Å². The lowest BCUT2D eigenvalue weighted by Crippen LogP contribution is -2.16. The molecule has 0 saturated carbocycles. The highest BCUT2D eigenvalue weighted by Gasteiger charge is 2.19. The van der Waals surface area contributed by atoms with Crippen LogP contribution >= 0.6 is 10.5 Å². The molecule has 1 heteroatoms. The Bertz CT molecular complexity index is 149. The van der Waals surface area contributed by atoms with Gasteiger partial charge in [0, 0.05) is 0 Å². The average molecular weight is 156 g/mol. The van der Waals surface area contributed by atoms with E-state index in [9.17, 15) is 0 Å². The van der Waals surface area contributed by atoms with E-state index in [0.717, 1.165) is 15.7 Å². The predicted octanol–water partition coefficient (Wildman–Crippen LogP) is 2.79. The first-order valence-corrected chi connectivity index (χ1v) is 6.00. The highest BCUT2D eigenvalue weighted by Crippen LogP contribution is 2.37. The van der Waals surface area contributed by atoms with E-state index < -0.39 is 0 Å². The van der Waals surface area contributed by atoms with Crippen LogP contribution in [0.25, 0.3) is 0 Å². The SMILES string of the molecule is C1=S2CCCCC2CCC1. The first-order chi connectivity index (χ1) is 4.97. The van der Waals surface area contributed by atoms with Gasteiger partial charge in [0.2, 0.25) is 0 Å². The van der Waals surface area contributed by atoms with Crippen LogP contribution in [0.2, 0.25) is 0 Å². The molecule has 2 aliphatic rings. The molecule has 0 N–H and O–H groups in total. The van der Waals surface area contributed by atoms with Crippen molar-refractivity contribution >= 4 is 15.9 Å². The van der Waals surface area contributed by atoms with Gasteiger partial charge in [-0.3, -0.25) is 0 Å². The Balaban J connectivity index is 2.08. The summed E-state index contributed by atoms with van der Waals surface area (Å²) in [6, 6.07) is 0. The van der Waals surface area contributed by atoms with E-state index in [-0.39, 0.29) is 0 Å². The second kappa shape index (κ2) is 3.08. The summed E-state index contributed by atoms with van der Waals surface area (Å²) in [6.07, 6.45) is 9.01. The second-order valence-corrected chi connectivity index (χ2v) is 5.74. The quantitative estimate of drug-likeness (QED) is 0.473. The number of fused-ring (bicyclic) bond motifs is 1. The van der Waals surface area contributed by atoms with Crippen molar-refractivity contribution in [2.45, 2.75) is 43.8 Å². The summed E-state index contributed by atoms with van der Waals surface area (Å²) in [5.74, 6) is 1.53. The zero-order valence-corrected chi connectivity index (χ0v) is 7.33. The summed E-state index contributed by atoms with van der Waals surface area (Å²) in [5, 5.41) is 3.75. The zero-order chi connectivity index (χ0) is 6.81.